The lowest BCUT2D eigenvalue weighted by atomic mass is 9.89. The van der Waals surface area contributed by atoms with E-state index in [1.807, 2.05) is 92.7 Å². The number of hydrogen-bond donors (Lipinski definition) is 1. The lowest BCUT2D eigenvalue weighted by Gasteiger charge is -2.28. The zero-order valence-electron chi connectivity index (χ0n) is 17.5. The van der Waals surface area contributed by atoms with E-state index >= 15 is 0 Å². The van der Waals surface area contributed by atoms with Crippen molar-refractivity contribution in [3.8, 4) is 11.5 Å². The van der Waals surface area contributed by atoms with Crippen LogP contribution in [0.1, 0.15) is 42.2 Å². The molecule has 156 valence electrons. The largest absolute Gasteiger partial charge is 0.458 e. The third kappa shape index (κ3) is 4.03. The van der Waals surface area contributed by atoms with Gasteiger partial charge in [0.05, 0.1) is 0 Å². The van der Waals surface area contributed by atoms with Crippen LogP contribution in [0.5, 0.6) is 11.5 Å². The zero-order valence-corrected chi connectivity index (χ0v) is 17.5. The molecule has 1 aliphatic heterocycles. The van der Waals surface area contributed by atoms with Gasteiger partial charge in [-0.3, -0.25) is 4.79 Å². The fourth-order valence-electron chi connectivity index (χ4n) is 3.86. The molecule has 3 aromatic rings. The summed E-state index contributed by atoms with van der Waals surface area (Å²) in [6.07, 6.45) is 1.52. The van der Waals surface area contributed by atoms with Crippen LogP contribution in [0.2, 0.25) is 0 Å². The molecule has 1 heterocycles. The van der Waals surface area contributed by atoms with Crippen LogP contribution in [0.4, 0.5) is 0 Å². The fraction of sp³-hybridized carbons (Fsp3) is 0.148. The van der Waals surface area contributed by atoms with Crippen molar-refractivity contribution >= 4 is 17.6 Å². The van der Waals surface area contributed by atoms with Crippen LogP contribution in [0.25, 0.3) is 11.1 Å². The molecule has 1 atom stereocenters. The summed E-state index contributed by atoms with van der Waals surface area (Å²) in [5.41, 5.74) is 5.18. The van der Waals surface area contributed by atoms with Crippen LogP contribution in [-0.4, -0.2) is 11.6 Å². The van der Waals surface area contributed by atoms with Crippen LogP contribution in [0, 0.1) is 0 Å². The van der Waals surface area contributed by atoms with Crippen LogP contribution < -0.4 is 9.47 Å². The van der Waals surface area contributed by atoms with E-state index in [4.69, 9.17) is 9.47 Å². The van der Waals surface area contributed by atoms with E-state index in [1.54, 1.807) is 0 Å². The van der Waals surface area contributed by atoms with Gasteiger partial charge in [-0.1, -0.05) is 66.7 Å². The molecule has 0 saturated carbocycles. The minimum absolute atomic E-state index is 0.447. The van der Waals surface area contributed by atoms with Gasteiger partial charge >= 0.3 is 0 Å². The minimum Gasteiger partial charge on any atom is -0.458 e. The Balaban J connectivity index is 1.89. The fourth-order valence-corrected chi connectivity index (χ4v) is 3.86. The van der Waals surface area contributed by atoms with Crippen molar-refractivity contribution in [2.75, 3.05) is 0 Å². The number of carbonyl (C=O) groups excluding carboxylic acids is 1. The first-order valence-electron chi connectivity index (χ1n) is 10.2. The van der Waals surface area contributed by atoms with Crippen molar-refractivity contribution in [2.24, 2.45) is 0 Å². The van der Waals surface area contributed by atoms with E-state index in [0.717, 1.165) is 33.4 Å². The third-order valence-corrected chi connectivity index (χ3v) is 5.60. The van der Waals surface area contributed by atoms with Crippen LogP contribution >= 0.6 is 0 Å². The Morgan fingerprint density at radius 2 is 1.71 bits per heavy atom. The molecule has 31 heavy (non-hydrogen) atoms. The molecular weight excluding hydrogens is 388 g/mol. The Morgan fingerprint density at radius 3 is 2.35 bits per heavy atom. The SMILES string of the molecule is C/C=C(/C)c1ccc2c(c1OC=O)CC(c1ccccc1)=C(C(O)c1ccccc1)O2. The summed E-state index contributed by atoms with van der Waals surface area (Å²) in [4.78, 5) is 11.3. The molecule has 4 heteroatoms. The van der Waals surface area contributed by atoms with Gasteiger partial charge in [0.2, 0.25) is 0 Å². The summed E-state index contributed by atoms with van der Waals surface area (Å²) in [5, 5.41) is 11.2. The van der Waals surface area contributed by atoms with E-state index in [9.17, 15) is 9.90 Å². The second-order valence-electron chi connectivity index (χ2n) is 7.41. The topological polar surface area (TPSA) is 55.8 Å². The Bertz CT molecular complexity index is 1140. The number of fused-ring (bicyclic) bond motifs is 1. The van der Waals surface area contributed by atoms with Gasteiger partial charge in [0, 0.05) is 23.1 Å². The summed E-state index contributed by atoms with van der Waals surface area (Å²) in [6.45, 7) is 4.36. The number of hydrogen-bond acceptors (Lipinski definition) is 4. The normalized spacial score (nSPS) is 14.5. The van der Waals surface area contributed by atoms with Crippen LogP contribution in [0.3, 0.4) is 0 Å². The molecule has 0 amide bonds. The third-order valence-electron chi connectivity index (χ3n) is 5.60. The smallest absolute Gasteiger partial charge is 0.298 e. The molecule has 3 aromatic carbocycles. The van der Waals surface area contributed by atoms with Gasteiger partial charge in [0.25, 0.3) is 6.47 Å². The van der Waals surface area contributed by atoms with Crippen molar-refractivity contribution in [1.29, 1.82) is 0 Å². The first kappa shape index (κ1) is 20.6. The van der Waals surface area contributed by atoms with E-state index in [2.05, 4.69) is 0 Å². The summed E-state index contributed by atoms with van der Waals surface area (Å²) < 4.78 is 11.7. The first-order valence-corrected chi connectivity index (χ1v) is 10.2. The monoisotopic (exact) mass is 412 g/mol. The van der Waals surface area contributed by atoms with Crippen LogP contribution in [-0.2, 0) is 11.2 Å². The predicted octanol–water partition coefficient (Wildman–Crippen LogP) is 5.72. The minimum atomic E-state index is -0.919. The maximum atomic E-state index is 11.3. The maximum Gasteiger partial charge on any atom is 0.298 e. The highest BCUT2D eigenvalue weighted by Gasteiger charge is 2.30. The van der Waals surface area contributed by atoms with E-state index < -0.39 is 6.10 Å². The zero-order chi connectivity index (χ0) is 21.8. The summed E-state index contributed by atoms with van der Waals surface area (Å²) in [7, 11) is 0. The molecule has 0 fully saturated rings. The number of benzene rings is 3. The van der Waals surface area contributed by atoms with Gasteiger partial charge in [-0.15, -0.1) is 0 Å². The number of aliphatic hydroxyl groups excluding tert-OH is 1. The number of carbonyl (C=O) groups is 1. The second-order valence-corrected chi connectivity index (χ2v) is 7.41. The molecule has 1 aliphatic rings. The highest BCUT2D eigenvalue weighted by Crippen LogP contribution is 2.45. The molecule has 0 aliphatic carbocycles. The molecule has 0 spiro atoms. The molecule has 4 nitrogen and oxygen atoms in total. The Labute approximate surface area is 182 Å². The van der Waals surface area contributed by atoms with Gasteiger partial charge in [-0.05, 0) is 42.7 Å². The molecular formula is C27H24O4. The molecule has 1 unspecified atom stereocenters. The average molecular weight is 412 g/mol. The quantitative estimate of drug-likeness (QED) is 0.526. The van der Waals surface area contributed by atoms with Gasteiger partial charge < -0.3 is 14.6 Å². The van der Waals surface area contributed by atoms with Crippen molar-refractivity contribution in [3.05, 3.63) is 107 Å². The van der Waals surface area contributed by atoms with Gasteiger partial charge in [-0.25, -0.2) is 0 Å². The van der Waals surface area contributed by atoms with Crippen molar-refractivity contribution < 1.29 is 19.4 Å². The summed E-state index contributed by atoms with van der Waals surface area (Å²) in [5.74, 6) is 1.55. The molecule has 0 radical (unpaired) electrons. The Kier molecular flexibility index (Phi) is 6.01. The number of aliphatic hydroxyl groups is 1. The number of rotatable bonds is 6. The molecule has 1 N–H and O–H groups in total. The van der Waals surface area contributed by atoms with E-state index in [1.165, 1.54) is 0 Å². The summed E-state index contributed by atoms with van der Waals surface area (Å²) >= 11 is 0. The highest BCUT2D eigenvalue weighted by molar-refractivity contribution is 5.79. The summed E-state index contributed by atoms with van der Waals surface area (Å²) in [6, 6.07) is 23.0. The lowest BCUT2D eigenvalue weighted by molar-refractivity contribution is -0.120. The highest BCUT2D eigenvalue weighted by atomic mass is 16.5. The second kappa shape index (κ2) is 9.02. The van der Waals surface area contributed by atoms with Gasteiger partial charge in [0.15, 0.2) is 0 Å². The maximum absolute atomic E-state index is 11.3. The Hall–Kier alpha value is -3.63. The van der Waals surface area contributed by atoms with Gasteiger partial charge in [0.1, 0.15) is 23.4 Å². The lowest BCUT2D eigenvalue weighted by Crippen LogP contribution is -2.17. The molecule has 0 bridgehead atoms. The molecule has 0 saturated heterocycles. The number of allylic oxidation sites excluding steroid dienone is 3. The first-order chi connectivity index (χ1) is 15.1. The number of ether oxygens (including phenoxy) is 2. The van der Waals surface area contributed by atoms with Crippen molar-refractivity contribution in [2.45, 2.75) is 26.4 Å². The molecule has 4 rings (SSSR count). The van der Waals surface area contributed by atoms with E-state index in [0.29, 0.717) is 30.2 Å². The standard InChI is InChI=1S/C27H24O4/c1-3-18(2)21-14-15-24-23(26(21)30-17-28)16-22(19-10-6-4-7-11-19)27(31-24)25(29)20-12-8-5-9-13-20/h3-15,17,25,29H,16H2,1-2H3/b18-3-. The van der Waals surface area contributed by atoms with Gasteiger partial charge in [-0.2, -0.15) is 0 Å². The molecule has 0 aromatic heterocycles. The van der Waals surface area contributed by atoms with Crippen molar-refractivity contribution in [1.82, 2.24) is 0 Å². The van der Waals surface area contributed by atoms with Crippen molar-refractivity contribution in [3.63, 3.8) is 0 Å². The predicted molar refractivity (Wildman–Crippen MR) is 122 cm³/mol. The van der Waals surface area contributed by atoms with Crippen LogP contribution in [0.15, 0.2) is 84.6 Å². The van der Waals surface area contributed by atoms with E-state index in [-0.39, 0.29) is 0 Å². The Morgan fingerprint density at radius 1 is 1.03 bits per heavy atom. The average Bonchev–Trinajstić information content (AvgIpc) is 2.83.